The van der Waals surface area contributed by atoms with Gasteiger partial charge in [-0.05, 0) is 25.1 Å². The molecule has 3 amide bonds. The van der Waals surface area contributed by atoms with Gasteiger partial charge >= 0.3 is 6.03 Å². The van der Waals surface area contributed by atoms with E-state index in [0.717, 1.165) is 6.07 Å². The molecule has 2 aliphatic heterocycles. The van der Waals surface area contributed by atoms with Crippen LogP contribution in [0.2, 0.25) is 0 Å². The van der Waals surface area contributed by atoms with Gasteiger partial charge in [0.05, 0.1) is 10.9 Å². The summed E-state index contributed by atoms with van der Waals surface area (Å²) >= 11 is 0. The van der Waals surface area contributed by atoms with Crippen molar-refractivity contribution in [2.24, 2.45) is 0 Å². The van der Waals surface area contributed by atoms with Gasteiger partial charge in [-0.3, -0.25) is 14.6 Å². The number of benzene rings is 1. The Morgan fingerprint density at radius 1 is 1.19 bits per heavy atom. The highest BCUT2D eigenvalue weighted by molar-refractivity contribution is 7.89. The number of hydrogen-bond acceptors (Lipinski definition) is 5. The molecule has 0 saturated carbocycles. The lowest BCUT2D eigenvalue weighted by Gasteiger charge is -2.37. The number of carbonyl (C=O) groups excluding carboxylic acids is 2. The van der Waals surface area contributed by atoms with Crippen LogP contribution in [0.1, 0.15) is 6.92 Å². The van der Waals surface area contributed by atoms with Gasteiger partial charge in [-0.2, -0.15) is 4.31 Å². The van der Waals surface area contributed by atoms with Crippen LogP contribution < -0.4 is 5.32 Å². The van der Waals surface area contributed by atoms with Crippen molar-refractivity contribution in [3.05, 3.63) is 30.1 Å². The van der Waals surface area contributed by atoms with E-state index in [9.17, 15) is 22.4 Å². The topological polar surface area (TPSA) is 90.0 Å². The molecule has 0 unspecified atom stereocenters. The third-order valence-electron chi connectivity index (χ3n) is 4.74. The van der Waals surface area contributed by atoms with Crippen LogP contribution >= 0.6 is 0 Å². The normalized spacial score (nSPS) is 20.8. The first-order valence-electron chi connectivity index (χ1n) is 8.39. The smallest absolute Gasteiger partial charge is 0.324 e. The number of rotatable bonds is 4. The molecule has 3 rings (SSSR count). The lowest BCUT2D eigenvalue weighted by atomic mass is 10.2. The molecule has 8 nitrogen and oxygen atoms in total. The third kappa shape index (κ3) is 3.57. The van der Waals surface area contributed by atoms with Gasteiger partial charge in [-0.15, -0.1) is 0 Å². The van der Waals surface area contributed by atoms with E-state index in [1.807, 2.05) is 4.90 Å². The molecule has 26 heavy (non-hydrogen) atoms. The maximum absolute atomic E-state index is 13.3. The summed E-state index contributed by atoms with van der Waals surface area (Å²) in [4.78, 5) is 27.0. The summed E-state index contributed by atoms with van der Waals surface area (Å²) in [5.74, 6) is -0.894. The zero-order valence-corrected chi connectivity index (χ0v) is 15.2. The molecule has 1 aromatic carbocycles. The first kappa shape index (κ1) is 18.7. The highest BCUT2D eigenvalue weighted by Gasteiger charge is 2.36. The number of hydrogen-bond donors (Lipinski definition) is 1. The number of urea groups is 1. The van der Waals surface area contributed by atoms with E-state index in [1.165, 1.54) is 27.4 Å². The predicted octanol–water partition coefficient (Wildman–Crippen LogP) is 0.0723. The molecule has 1 atom stereocenters. The second-order valence-electron chi connectivity index (χ2n) is 6.30. The van der Waals surface area contributed by atoms with E-state index in [4.69, 9.17) is 0 Å². The van der Waals surface area contributed by atoms with Crippen molar-refractivity contribution in [1.82, 2.24) is 19.4 Å². The van der Waals surface area contributed by atoms with Gasteiger partial charge in [0.15, 0.2) is 0 Å². The summed E-state index contributed by atoms with van der Waals surface area (Å²) in [6.07, 6.45) is 0. The molecule has 1 N–H and O–H groups in total. The number of nitrogens with one attached hydrogen (secondary N) is 1. The fraction of sp³-hybridized carbons (Fsp3) is 0.500. The Kier molecular flexibility index (Phi) is 5.26. The van der Waals surface area contributed by atoms with E-state index in [2.05, 4.69) is 5.32 Å². The third-order valence-corrected chi connectivity index (χ3v) is 6.63. The van der Waals surface area contributed by atoms with Crippen molar-refractivity contribution >= 4 is 22.0 Å². The van der Waals surface area contributed by atoms with Crippen molar-refractivity contribution < 1.29 is 22.4 Å². The van der Waals surface area contributed by atoms with E-state index in [0.29, 0.717) is 26.2 Å². The van der Waals surface area contributed by atoms with Crippen molar-refractivity contribution in [3.8, 4) is 0 Å². The van der Waals surface area contributed by atoms with E-state index < -0.39 is 27.9 Å². The summed E-state index contributed by atoms with van der Waals surface area (Å²) in [5, 5.41) is 2.59. The van der Waals surface area contributed by atoms with Crippen molar-refractivity contribution in [1.29, 1.82) is 0 Å². The van der Waals surface area contributed by atoms with Gasteiger partial charge in [-0.1, -0.05) is 6.07 Å². The molecule has 1 aromatic rings. The number of carbonyl (C=O) groups is 2. The highest BCUT2D eigenvalue weighted by Crippen LogP contribution is 2.19. The Bertz CT molecular complexity index is 808. The summed E-state index contributed by atoms with van der Waals surface area (Å²) < 4.78 is 39.9. The van der Waals surface area contributed by atoms with Gasteiger partial charge < -0.3 is 5.32 Å². The molecule has 2 saturated heterocycles. The Morgan fingerprint density at radius 2 is 1.88 bits per heavy atom. The minimum Gasteiger partial charge on any atom is -0.336 e. The second-order valence-corrected chi connectivity index (χ2v) is 8.23. The van der Waals surface area contributed by atoms with Gasteiger partial charge in [0.1, 0.15) is 5.82 Å². The van der Waals surface area contributed by atoms with Gasteiger partial charge in [-0.25, -0.2) is 17.6 Å². The molecule has 2 fully saturated rings. The van der Waals surface area contributed by atoms with Crippen molar-refractivity contribution in [2.45, 2.75) is 17.9 Å². The van der Waals surface area contributed by atoms with Crippen LogP contribution in [0.15, 0.2) is 29.2 Å². The van der Waals surface area contributed by atoms with Gasteiger partial charge in [0.2, 0.25) is 15.9 Å². The van der Waals surface area contributed by atoms with Crippen LogP contribution in [0, 0.1) is 5.82 Å². The number of piperazine rings is 1. The summed E-state index contributed by atoms with van der Waals surface area (Å²) in [7, 11) is -3.77. The maximum atomic E-state index is 13.3. The van der Waals surface area contributed by atoms with Crippen LogP contribution in [0.5, 0.6) is 0 Å². The SMILES string of the molecule is C[C@H](C(=O)N1CCNC1=O)N1CCN(S(=O)(=O)c2cccc(F)c2)CC1. The zero-order chi connectivity index (χ0) is 18.9. The lowest BCUT2D eigenvalue weighted by molar-refractivity contribution is -0.133. The monoisotopic (exact) mass is 384 g/mol. The number of nitrogens with zero attached hydrogens (tertiary/aromatic N) is 3. The average molecular weight is 384 g/mol. The first-order valence-corrected chi connectivity index (χ1v) is 9.83. The molecular weight excluding hydrogens is 363 g/mol. The molecule has 0 bridgehead atoms. The zero-order valence-electron chi connectivity index (χ0n) is 14.4. The van der Waals surface area contributed by atoms with Crippen LogP contribution in [-0.4, -0.2) is 79.8 Å². The van der Waals surface area contributed by atoms with Gasteiger partial charge in [0.25, 0.3) is 0 Å². The number of halogens is 1. The number of amides is 3. The van der Waals surface area contributed by atoms with E-state index >= 15 is 0 Å². The minimum absolute atomic E-state index is 0.0798. The van der Waals surface area contributed by atoms with Crippen LogP contribution in [0.4, 0.5) is 9.18 Å². The standard InChI is InChI=1S/C16H21FN4O4S/c1-12(15(22)21-6-5-18-16(21)23)19-7-9-20(10-8-19)26(24,25)14-4-2-3-13(17)11-14/h2-4,11-12H,5-10H2,1H3,(H,18,23)/t12-/m1/s1. The van der Waals surface area contributed by atoms with Crippen LogP contribution in [-0.2, 0) is 14.8 Å². The Morgan fingerprint density at radius 3 is 2.46 bits per heavy atom. The second kappa shape index (κ2) is 7.29. The van der Waals surface area contributed by atoms with Crippen LogP contribution in [0.3, 0.4) is 0 Å². The highest BCUT2D eigenvalue weighted by atomic mass is 32.2. The first-order chi connectivity index (χ1) is 12.3. The molecule has 10 heteroatoms. The number of sulfonamides is 1. The van der Waals surface area contributed by atoms with E-state index in [1.54, 1.807) is 6.92 Å². The molecule has 142 valence electrons. The quantitative estimate of drug-likeness (QED) is 0.794. The fourth-order valence-corrected chi connectivity index (χ4v) is 4.63. The molecule has 0 spiro atoms. The molecule has 0 radical (unpaired) electrons. The largest absolute Gasteiger partial charge is 0.336 e. The molecule has 0 aliphatic carbocycles. The fourth-order valence-electron chi connectivity index (χ4n) is 3.17. The Labute approximate surface area is 151 Å². The lowest BCUT2D eigenvalue weighted by Crippen LogP contribution is -2.55. The summed E-state index contributed by atoms with van der Waals surface area (Å²) in [5.41, 5.74) is 0. The maximum Gasteiger partial charge on any atom is 0.324 e. The summed E-state index contributed by atoms with van der Waals surface area (Å²) in [6.45, 7) is 3.61. The Balaban J connectivity index is 1.63. The molecule has 2 aliphatic rings. The number of imide groups is 1. The molecule has 0 aromatic heterocycles. The van der Waals surface area contributed by atoms with Crippen molar-refractivity contribution in [3.63, 3.8) is 0 Å². The van der Waals surface area contributed by atoms with E-state index in [-0.39, 0.29) is 23.9 Å². The van der Waals surface area contributed by atoms with Crippen molar-refractivity contribution in [2.75, 3.05) is 39.3 Å². The summed E-state index contributed by atoms with van der Waals surface area (Å²) in [6, 6.07) is 4.01. The molecule has 2 heterocycles. The average Bonchev–Trinajstić information content (AvgIpc) is 3.06. The predicted molar refractivity (Wildman–Crippen MR) is 91.3 cm³/mol. The van der Waals surface area contributed by atoms with Crippen LogP contribution in [0.25, 0.3) is 0 Å². The minimum atomic E-state index is -3.77. The Hall–Kier alpha value is -2.04. The van der Waals surface area contributed by atoms with Gasteiger partial charge in [0, 0.05) is 39.3 Å². The molecular formula is C16H21FN4O4S.